The van der Waals surface area contributed by atoms with Gasteiger partial charge in [-0.1, -0.05) is 13.3 Å². The summed E-state index contributed by atoms with van der Waals surface area (Å²) in [5.41, 5.74) is 5.02. The van der Waals surface area contributed by atoms with Crippen molar-refractivity contribution in [1.82, 2.24) is 9.97 Å². The fourth-order valence-electron chi connectivity index (χ4n) is 3.40. The van der Waals surface area contributed by atoms with Crippen molar-refractivity contribution in [2.75, 3.05) is 14.2 Å². The van der Waals surface area contributed by atoms with E-state index in [1.807, 2.05) is 0 Å². The number of aromatic nitrogens is 2. The fraction of sp³-hybridized carbons (Fsp3) is 0.333. The van der Waals surface area contributed by atoms with Crippen LogP contribution in [0.4, 0.5) is 0 Å². The van der Waals surface area contributed by atoms with Crippen molar-refractivity contribution < 1.29 is 9.47 Å². The summed E-state index contributed by atoms with van der Waals surface area (Å²) in [6.45, 7) is 6.38. The van der Waals surface area contributed by atoms with Crippen molar-refractivity contribution >= 4 is 10.9 Å². The minimum atomic E-state index is -0.225. The predicted molar refractivity (Wildman–Crippen MR) is 104 cm³/mol. The second kappa shape index (κ2) is 7.20. The molecule has 0 aliphatic rings. The summed E-state index contributed by atoms with van der Waals surface area (Å²) >= 11 is 0. The SMILES string of the molecule is CCCc1c(C)cc(-c2nc3cc(OC)cc(OC)c3c(=O)[nH]2)cc1C. The molecule has 0 fully saturated rings. The Morgan fingerprint density at radius 3 is 2.31 bits per heavy atom. The van der Waals surface area contributed by atoms with Crippen LogP contribution in [0.2, 0.25) is 0 Å². The number of rotatable bonds is 5. The van der Waals surface area contributed by atoms with Crippen LogP contribution in [0.1, 0.15) is 30.0 Å². The van der Waals surface area contributed by atoms with Crippen molar-refractivity contribution in [3.05, 3.63) is 51.3 Å². The number of aromatic amines is 1. The molecule has 0 unspecified atom stereocenters. The molecule has 0 aliphatic heterocycles. The van der Waals surface area contributed by atoms with Crippen LogP contribution in [0.3, 0.4) is 0 Å². The van der Waals surface area contributed by atoms with E-state index in [9.17, 15) is 4.79 Å². The average molecular weight is 352 g/mol. The second-order valence-electron chi connectivity index (χ2n) is 6.48. The highest BCUT2D eigenvalue weighted by atomic mass is 16.5. The van der Waals surface area contributed by atoms with Crippen molar-refractivity contribution in [2.24, 2.45) is 0 Å². The Kier molecular flexibility index (Phi) is 4.98. The molecule has 0 radical (unpaired) electrons. The summed E-state index contributed by atoms with van der Waals surface area (Å²) in [5.74, 6) is 1.60. The van der Waals surface area contributed by atoms with Gasteiger partial charge in [-0.2, -0.15) is 0 Å². The average Bonchev–Trinajstić information content (AvgIpc) is 2.63. The maximum atomic E-state index is 12.7. The number of hydrogen-bond acceptors (Lipinski definition) is 4. The zero-order valence-electron chi connectivity index (χ0n) is 15.9. The van der Waals surface area contributed by atoms with Gasteiger partial charge in [-0.25, -0.2) is 4.98 Å². The molecular weight excluding hydrogens is 328 g/mol. The van der Waals surface area contributed by atoms with E-state index in [-0.39, 0.29) is 5.56 Å². The Labute approximate surface area is 153 Å². The molecule has 0 saturated carbocycles. The van der Waals surface area contributed by atoms with E-state index in [1.165, 1.54) is 23.8 Å². The molecule has 5 nitrogen and oxygen atoms in total. The number of benzene rings is 2. The Bertz CT molecular complexity index is 999. The van der Waals surface area contributed by atoms with Gasteiger partial charge in [-0.3, -0.25) is 4.79 Å². The molecule has 5 heteroatoms. The van der Waals surface area contributed by atoms with Crippen LogP contribution < -0.4 is 15.0 Å². The Morgan fingerprint density at radius 1 is 1.04 bits per heavy atom. The van der Waals surface area contributed by atoms with Crippen LogP contribution in [0.25, 0.3) is 22.3 Å². The molecule has 0 bridgehead atoms. The van der Waals surface area contributed by atoms with E-state index in [0.29, 0.717) is 28.2 Å². The summed E-state index contributed by atoms with van der Waals surface area (Å²) in [4.78, 5) is 20.2. The molecule has 1 heterocycles. The Balaban J connectivity index is 2.22. The number of hydrogen-bond donors (Lipinski definition) is 1. The van der Waals surface area contributed by atoms with Gasteiger partial charge in [-0.05, 0) is 49.1 Å². The van der Waals surface area contributed by atoms with Gasteiger partial charge in [0.05, 0.1) is 19.7 Å². The molecule has 0 amide bonds. The van der Waals surface area contributed by atoms with E-state index in [0.717, 1.165) is 18.4 Å². The summed E-state index contributed by atoms with van der Waals surface area (Å²) in [6, 6.07) is 7.60. The predicted octanol–water partition coefficient (Wildman–Crippen LogP) is 4.18. The lowest BCUT2D eigenvalue weighted by molar-refractivity contribution is 0.397. The van der Waals surface area contributed by atoms with Crippen LogP contribution in [0.5, 0.6) is 11.5 Å². The van der Waals surface area contributed by atoms with Crippen molar-refractivity contribution in [3.63, 3.8) is 0 Å². The van der Waals surface area contributed by atoms with E-state index in [2.05, 4.69) is 42.9 Å². The van der Waals surface area contributed by atoms with Crippen LogP contribution in [0.15, 0.2) is 29.1 Å². The lowest BCUT2D eigenvalue weighted by Crippen LogP contribution is -2.11. The molecule has 26 heavy (non-hydrogen) atoms. The third kappa shape index (κ3) is 3.17. The maximum Gasteiger partial charge on any atom is 0.262 e. The lowest BCUT2D eigenvalue weighted by atomic mass is 9.96. The topological polar surface area (TPSA) is 64.2 Å². The van der Waals surface area contributed by atoms with Gasteiger partial charge in [0, 0.05) is 17.7 Å². The molecule has 136 valence electrons. The van der Waals surface area contributed by atoms with Crippen molar-refractivity contribution in [3.8, 4) is 22.9 Å². The zero-order valence-corrected chi connectivity index (χ0v) is 15.9. The van der Waals surface area contributed by atoms with Gasteiger partial charge in [0.1, 0.15) is 22.7 Å². The summed E-state index contributed by atoms with van der Waals surface area (Å²) < 4.78 is 10.6. The number of nitrogens with zero attached hydrogens (tertiary/aromatic N) is 1. The molecule has 0 aliphatic carbocycles. The Morgan fingerprint density at radius 2 is 1.73 bits per heavy atom. The molecule has 0 atom stereocenters. The highest BCUT2D eigenvalue weighted by Crippen LogP contribution is 2.29. The standard InChI is InChI=1S/C21H24N2O3/c1-6-7-16-12(2)8-14(9-13(16)3)20-22-17-10-15(25-4)11-18(26-5)19(17)21(24)23-20/h8-11H,6-7H2,1-5H3,(H,22,23,24). The maximum absolute atomic E-state index is 12.7. The van der Waals surface area contributed by atoms with Crippen LogP contribution in [-0.2, 0) is 6.42 Å². The van der Waals surface area contributed by atoms with E-state index in [1.54, 1.807) is 19.2 Å². The summed E-state index contributed by atoms with van der Waals surface area (Å²) in [5, 5.41) is 0.424. The molecule has 3 aromatic rings. The fourth-order valence-corrected chi connectivity index (χ4v) is 3.40. The molecule has 3 rings (SSSR count). The van der Waals surface area contributed by atoms with Crippen LogP contribution in [0, 0.1) is 13.8 Å². The monoisotopic (exact) mass is 352 g/mol. The van der Waals surface area contributed by atoms with Crippen LogP contribution in [-0.4, -0.2) is 24.2 Å². The van der Waals surface area contributed by atoms with Gasteiger partial charge in [-0.15, -0.1) is 0 Å². The number of aryl methyl sites for hydroxylation is 2. The molecule has 1 N–H and O–H groups in total. The highest BCUT2D eigenvalue weighted by molar-refractivity contribution is 5.87. The smallest absolute Gasteiger partial charge is 0.262 e. The molecule has 1 aromatic heterocycles. The Hall–Kier alpha value is -2.82. The number of methoxy groups -OCH3 is 2. The van der Waals surface area contributed by atoms with Gasteiger partial charge < -0.3 is 14.5 Å². The third-order valence-electron chi connectivity index (χ3n) is 4.67. The quantitative estimate of drug-likeness (QED) is 0.748. The van der Waals surface area contributed by atoms with Gasteiger partial charge in [0.25, 0.3) is 5.56 Å². The lowest BCUT2D eigenvalue weighted by Gasteiger charge is -2.13. The first-order chi connectivity index (χ1) is 12.5. The minimum Gasteiger partial charge on any atom is -0.497 e. The van der Waals surface area contributed by atoms with Crippen molar-refractivity contribution in [1.29, 1.82) is 0 Å². The molecule has 0 spiro atoms. The van der Waals surface area contributed by atoms with Gasteiger partial charge in [0.15, 0.2) is 0 Å². The normalized spacial score (nSPS) is 11.0. The third-order valence-corrected chi connectivity index (χ3v) is 4.67. The molecule has 2 aromatic carbocycles. The number of fused-ring (bicyclic) bond motifs is 1. The number of H-pyrrole nitrogens is 1. The first-order valence-electron chi connectivity index (χ1n) is 8.75. The molecular formula is C21H24N2O3. The highest BCUT2D eigenvalue weighted by Gasteiger charge is 2.14. The van der Waals surface area contributed by atoms with Crippen LogP contribution >= 0.6 is 0 Å². The number of ether oxygens (including phenoxy) is 2. The van der Waals surface area contributed by atoms with Crippen molar-refractivity contribution in [2.45, 2.75) is 33.6 Å². The van der Waals surface area contributed by atoms with Gasteiger partial charge in [0.2, 0.25) is 0 Å². The number of nitrogens with one attached hydrogen (secondary N) is 1. The van der Waals surface area contributed by atoms with E-state index < -0.39 is 0 Å². The largest absolute Gasteiger partial charge is 0.497 e. The van der Waals surface area contributed by atoms with Gasteiger partial charge >= 0.3 is 0 Å². The zero-order chi connectivity index (χ0) is 18.8. The second-order valence-corrected chi connectivity index (χ2v) is 6.48. The van der Waals surface area contributed by atoms with E-state index in [4.69, 9.17) is 9.47 Å². The summed E-state index contributed by atoms with van der Waals surface area (Å²) in [6.07, 6.45) is 2.15. The first-order valence-corrected chi connectivity index (χ1v) is 8.75. The molecule has 0 saturated heterocycles. The first kappa shape index (κ1) is 18.0. The summed E-state index contributed by atoms with van der Waals surface area (Å²) in [7, 11) is 3.11. The minimum absolute atomic E-state index is 0.225. The van der Waals surface area contributed by atoms with E-state index >= 15 is 0 Å².